The van der Waals surface area contributed by atoms with E-state index in [0.717, 1.165) is 6.26 Å². The molecule has 1 aliphatic rings. The molecule has 1 N–H and O–H groups in total. The Bertz CT molecular complexity index is 1020. The molecule has 3 rings (SSSR count). The van der Waals surface area contributed by atoms with E-state index in [4.69, 9.17) is 16.3 Å². The largest absolute Gasteiger partial charge is 0.442 e. The zero-order chi connectivity index (χ0) is 20.3. The van der Waals surface area contributed by atoms with Crippen molar-refractivity contribution in [2.75, 3.05) is 24.2 Å². The number of nitrogens with zero attached hydrogens (tertiary/aromatic N) is 2. The highest BCUT2D eigenvalue weighted by atomic mass is 35.5. The SMILES string of the molecule is CS(=O)(=O)/N=C/c1ccc(N2C[C@H](CNC(=O)c3ccc(Cl)s3)OC2=O)cc1. The van der Waals surface area contributed by atoms with E-state index < -0.39 is 22.2 Å². The summed E-state index contributed by atoms with van der Waals surface area (Å²) in [5.41, 5.74) is 1.18. The molecule has 1 fully saturated rings. The van der Waals surface area contributed by atoms with Crippen LogP contribution in [0.25, 0.3) is 0 Å². The number of rotatable bonds is 6. The average molecular weight is 442 g/mol. The molecule has 0 aliphatic carbocycles. The molecular weight excluding hydrogens is 426 g/mol. The van der Waals surface area contributed by atoms with Crippen molar-refractivity contribution in [1.29, 1.82) is 0 Å². The Morgan fingerprint density at radius 3 is 2.68 bits per heavy atom. The first-order valence-electron chi connectivity index (χ1n) is 8.08. The van der Waals surface area contributed by atoms with Crippen molar-refractivity contribution in [1.82, 2.24) is 5.32 Å². The normalized spacial score (nSPS) is 17.1. The third-order valence-electron chi connectivity index (χ3n) is 3.76. The fourth-order valence-electron chi connectivity index (χ4n) is 2.47. The number of anilines is 1. The minimum absolute atomic E-state index is 0.176. The minimum Gasteiger partial charge on any atom is -0.442 e. The van der Waals surface area contributed by atoms with E-state index in [0.29, 0.717) is 20.5 Å². The fourth-order valence-corrected chi connectivity index (χ4v) is 3.74. The number of carbonyl (C=O) groups is 2. The number of nitrogens with one attached hydrogen (secondary N) is 1. The van der Waals surface area contributed by atoms with Gasteiger partial charge in [-0.1, -0.05) is 23.7 Å². The van der Waals surface area contributed by atoms with E-state index in [1.807, 2.05) is 0 Å². The Balaban J connectivity index is 1.58. The van der Waals surface area contributed by atoms with Crippen LogP contribution in [0.2, 0.25) is 4.34 Å². The molecule has 2 heterocycles. The lowest BCUT2D eigenvalue weighted by Crippen LogP contribution is -2.34. The molecule has 8 nitrogen and oxygen atoms in total. The van der Waals surface area contributed by atoms with Gasteiger partial charge in [0.1, 0.15) is 6.10 Å². The van der Waals surface area contributed by atoms with Crippen molar-refractivity contribution in [3.8, 4) is 0 Å². The Kier molecular flexibility index (Phi) is 6.01. The number of amides is 2. The topological polar surface area (TPSA) is 105 Å². The summed E-state index contributed by atoms with van der Waals surface area (Å²) in [6.07, 6.45) is 1.23. The van der Waals surface area contributed by atoms with Crippen LogP contribution in [0.1, 0.15) is 15.2 Å². The van der Waals surface area contributed by atoms with Crippen LogP contribution in [0, 0.1) is 0 Å². The zero-order valence-electron chi connectivity index (χ0n) is 14.7. The van der Waals surface area contributed by atoms with Gasteiger partial charge in [0.2, 0.25) is 10.0 Å². The number of thiophene rings is 1. The Morgan fingerprint density at radius 1 is 1.36 bits per heavy atom. The van der Waals surface area contributed by atoms with Gasteiger partial charge in [-0.3, -0.25) is 9.69 Å². The first kappa shape index (κ1) is 20.3. The number of benzene rings is 1. The van der Waals surface area contributed by atoms with Gasteiger partial charge in [0, 0.05) is 11.9 Å². The van der Waals surface area contributed by atoms with Gasteiger partial charge in [0.25, 0.3) is 5.91 Å². The quantitative estimate of drug-likeness (QED) is 0.693. The Hall–Kier alpha value is -2.43. The Morgan fingerprint density at radius 2 is 2.07 bits per heavy atom. The minimum atomic E-state index is -3.45. The molecule has 0 unspecified atom stereocenters. The van der Waals surface area contributed by atoms with Crippen LogP contribution in [0.4, 0.5) is 10.5 Å². The molecule has 1 saturated heterocycles. The van der Waals surface area contributed by atoms with Crippen molar-refractivity contribution in [3.05, 3.63) is 51.2 Å². The predicted molar refractivity (Wildman–Crippen MR) is 108 cm³/mol. The van der Waals surface area contributed by atoms with Crippen LogP contribution in [0.15, 0.2) is 40.8 Å². The van der Waals surface area contributed by atoms with Gasteiger partial charge < -0.3 is 10.1 Å². The maximum atomic E-state index is 12.1. The van der Waals surface area contributed by atoms with Crippen molar-refractivity contribution in [3.63, 3.8) is 0 Å². The van der Waals surface area contributed by atoms with E-state index in [1.165, 1.54) is 22.5 Å². The van der Waals surface area contributed by atoms with Gasteiger partial charge in [-0.2, -0.15) is 4.40 Å². The highest BCUT2D eigenvalue weighted by Crippen LogP contribution is 2.23. The van der Waals surface area contributed by atoms with Gasteiger partial charge in [-0.25, -0.2) is 13.2 Å². The molecule has 0 bridgehead atoms. The smallest absolute Gasteiger partial charge is 0.414 e. The molecule has 0 saturated carbocycles. The molecule has 0 spiro atoms. The summed E-state index contributed by atoms with van der Waals surface area (Å²) in [4.78, 5) is 26.1. The third-order valence-corrected chi connectivity index (χ3v) is 5.48. The van der Waals surface area contributed by atoms with E-state index in [1.54, 1.807) is 36.4 Å². The first-order valence-corrected chi connectivity index (χ1v) is 11.1. The van der Waals surface area contributed by atoms with Crippen molar-refractivity contribution in [2.45, 2.75) is 6.10 Å². The zero-order valence-corrected chi connectivity index (χ0v) is 17.1. The highest BCUT2D eigenvalue weighted by Gasteiger charge is 2.32. The highest BCUT2D eigenvalue weighted by molar-refractivity contribution is 7.89. The lowest BCUT2D eigenvalue weighted by atomic mass is 10.2. The molecule has 148 valence electrons. The Labute approximate surface area is 170 Å². The summed E-state index contributed by atoms with van der Waals surface area (Å²) < 4.78 is 31.4. The number of hydrogen-bond donors (Lipinski definition) is 1. The number of halogens is 1. The van der Waals surface area contributed by atoms with E-state index in [9.17, 15) is 18.0 Å². The monoisotopic (exact) mass is 441 g/mol. The second-order valence-corrected chi connectivity index (χ2v) is 9.38. The summed E-state index contributed by atoms with van der Waals surface area (Å²) in [6, 6.07) is 9.89. The molecule has 1 atom stereocenters. The van der Waals surface area contributed by atoms with Crippen LogP contribution in [0.3, 0.4) is 0 Å². The second kappa shape index (κ2) is 8.29. The maximum Gasteiger partial charge on any atom is 0.414 e. The van der Waals surface area contributed by atoms with E-state index in [2.05, 4.69) is 9.71 Å². The molecule has 1 aliphatic heterocycles. The van der Waals surface area contributed by atoms with E-state index in [-0.39, 0.29) is 19.0 Å². The summed E-state index contributed by atoms with van der Waals surface area (Å²) in [6.45, 7) is 0.455. The predicted octanol–water partition coefficient (Wildman–Crippen LogP) is 2.54. The van der Waals surface area contributed by atoms with Gasteiger partial charge >= 0.3 is 6.09 Å². The van der Waals surface area contributed by atoms with Crippen LogP contribution in [-0.4, -0.2) is 52.1 Å². The fraction of sp³-hybridized carbons (Fsp3) is 0.235. The number of hydrogen-bond acceptors (Lipinski definition) is 6. The van der Waals surface area contributed by atoms with Crippen molar-refractivity contribution < 1.29 is 22.7 Å². The van der Waals surface area contributed by atoms with Gasteiger partial charge in [0.15, 0.2) is 0 Å². The standard InChI is InChI=1S/C17H16ClN3O5S2/c1-28(24,25)20-8-11-2-4-12(5-3-11)21-10-13(26-17(21)23)9-19-16(22)14-6-7-15(18)27-14/h2-8,13H,9-10H2,1H3,(H,19,22)/b20-8+/t13-/m0/s1. The van der Waals surface area contributed by atoms with Gasteiger partial charge in [-0.15, -0.1) is 11.3 Å². The van der Waals surface area contributed by atoms with Crippen LogP contribution in [0.5, 0.6) is 0 Å². The van der Waals surface area contributed by atoms with E-state index >= 15 is 0 Å². The van der Waals surface area contributed by atoms with Crippen molar-refractivity contribution in [2.24, 2.45) is 4.40 Å². The maximum absolute atomic E-state index is 12.1. The number of carbonyl (C=O) groups excluding carboxylic acids is 2. The van der Waals surface area contributed by atoms with Gasteiger partial charge in [0.05, 0.1) is 28.6 Å². The number of sulfonamides is 1. The van der Waals surface area contributed by atoms with Crippen LogP contribution in [-0.2, 0) is 14.8 Å². The summed E-state index contributed by atoms with van der Waals surface area (Å²) in [7, 11) is -3.45. The average Bonchev–Trinajstić information content (AvgIpc) is 3.23. The summed E-state index contributed by atoms with van der Waals surface area (Å²) in [5, 5.41) is 2.72. The molecule has 28 heavy (non-hydrogen) atoms. The second-order valence-electron chi connectivity index (χ2n) is 5.99. The van der Waals surface area contributed by atoms with Gasteiger partial charge in [-0.05, 0) is 29.8 Å². The molecule has 2 aromatic rings. The molecule has 1 aromatic heterocycles. The lowest BCUT2D eigenvalue weighted by Gasteiger charge is -2.13. The van der Waals surface area contributed by atoms with Crippen LogP contribution >= 0.6 is 22.9 Å². The number of cyclic esters (lactones) is 1. The molecule has 1 aromatic carbocycles. The summed E-state index contributed by atoms with van der Waals surface area (Å²) >= 11 is 6.99. The van der Waals surface area contributed by atoms with Crippen molar-refractivity contribution >= 4 is 56.9 Å². The molecule has 0 radical (unpaired) electrons. The van der Waals surface area contributed by atoms with Crippen LogP contribution < -0.4 is 10.2 Å². The molecule has 2 amide bonds. The first-order chi connectivity index (χ1) is 13.2. The molecular formula is C17H16ClN3O5S2. The molecule has 11 heteroatoms. The lowest BCUT2D eigenvalue weighted by molar-refractivity contribution is 0.0920. The number of ether oxygens (including phenoxy) is 1. The third kappa shape index (κ3) is 5.31. The summed E-state index contributed by atoms with van der Waals surface area (Å²) in [5.74, 6) is -0.277.